The molecule has 0 aromatic heterocycles. The number of amides is 1. The summed E-state index contributed by atoms with van der Waals surface area (Å²) in [7, 11) is 0. The maximum atomic E-state index is 10.6. The van der Waals surface area contributed by atoms with Crippen molar-refractivity contribution in [2.45, 2.75) is 6.04 Å². The predicted molar refractivity (Wildman–Crippen MR) is 35.0 cm³/mol. The minimum Gasteiger partial charge on any atom is -0.348 e. The Morgan fingerprint density at radius 2 is 2.56 bits per heavy atom. The van der Waals surface area contributed by atoms with Crippen LogP contribution in [0.2, 0.25) is 0 Å². The molecule has 0 radical (unpaired) electrons. The molecule has 0 bridgehead atoms. The second kappa shape index (κ2) is 2.64. The number of carbonyl (C=O) groups excluding carboxylic acids is 1. The van der Waals surface area contributed by atoms with Crippen LogP contribution >= 0.6 is 0 Å². The first kappa shape index (κ1) is 6.29. The summed E-state index contributed by atoms with van der Waals surface area (Å²) >= 11 is 0. The zero-order valence-electron chi connectivity index (χ0n) is 5.18. The molecule has 1 saturated heterocycles. The molecule has 0 spiro atoms. The lowest BCUT2D eigenvalue weighted by atomic mass is 10.2. The van der Waals surface area contributed by atoms with Crippen LogP contribution in [0.1, 0.15) is 0 Å². The van der Waals surface area contributed by atoms with Gasteiger partial charge in [-0.1, -0.05) is 6.08 Å². The van der Waals surface area contributed by atoms with Gasteiger partial charge in [0, 0.05) is 6.54 Å². The van der Waals surface area contributed by atoms with Crippen LogP contribution in [-0.2, 0) is 4.79 Å². The van der Waals surface area contributed by atoms with Gasteiger partial charge in [0.25, 0.3) is 0 Å². The van der Waals surface area contributed by atoms with E-state index in [0.29, 0.717) is 6.54 Å². The van der Waals surface area contributed by atoms with Crippen molar-refractivity contribution in [1.29, 1.82) is 0 Å². The van der Waals surface area contributed by atoms with Gasteiger partial charge in [0.1, 0.15) is 0 Å². The molecule has 50 valence electrons. The summed E-state index contributed by atoms with van der Waals surface area (Å²) in [6.45, 7) is 4.80. The molecule has 9 heavy (non-hydrogen) atoms. The Morgan fingerprint density at radius 3 is 3.00 bits per heavy atom. The SMILES string of the molecule is C=C[C@H]1CNCC(=O)N1. The summed E-state index contributed by atoms with van der Waals surface area (Å²) < 4.78 is 0. The molecule has 0 aromatic carbocycles. The van der Waals surface area contributed by atoms with Crippen LogP contribution < -0.4 is 10.6 Å². The number of nitrogens with one attached hydrogen (secondary N) is 2. The summed E-state index contributed by atoms with van der Waals surface area (Å²) in [6.07, 6.45) is 1.73. The number of rotatable bonds is 1. The Balaban J connectivity index is 2.40. The molecule has 1 aliphatic heterocycles. The molecule has 3 heteroatoms. The van der Waals surface area contributed by atoms with E-state index >= 15 is 0 Å². The predicted octanol–water partition coefficient (Wildman–Crippen LogP) is -0.740. The van der Waals surface area contributed by atoms with Crippen molar-refractivity contribution in [1.82, 2.24) is 10.6 Å². The molecule has 1 rings (SSSR count). The topological polar surface area (TPSA) is 41.1 Å². The van der Waals surface area contributed by atoms with Crippen molar-refractivity contribution in [3.05, 3.63) is 12.7 Å². The van der Waals surface area contributed by atoms with Crippen molar-refractivity contribution in [3.63, 3.8) is 0 Å². The van der Waals surface area contributed by atoms with Crippen molar-refractivity contribution < 1.29 is 4.79 Å². The maximum Gasteiger partial charge on any atom is 0.234 e. The highest BCUT2D eigenvalue weighted by molar-refractivity contribution is 5.79. The van der Waals surface area contributed by atoms with Crippen LogP contribution in [0.4, 0.5) is 0 Å². The highest BCUT2D eigenvalue weighted by Crippen LogP contribution is 1.86. The van der Waals surface area contributed by atoms with Crippen LogP contribution in [-0.4, -0.2) is 25.0 Å². The quantitative estimate of drug-likeness (QED) is 0.454. The molecule has 1 amide bonds. The minimum absolute atomic E-state index is 0.0474. The second-order valence-corrected chi connectivity index (χ2v) is 2.04. The van der Waals surface area contributed by atoms with Crippen LogP contribution in [0.15, 0.2) is 12.7 Å². The Morgan fingerprint density at radius 1 is 1.78 bits per heavy atom. The highest BCUT2D eigenvalue weighted by Gasteiger charge is 2.12. The van der Waals surface area contributed by atoms with E-state index in [9.17, 15) is 4.79 Å². The van der Waals surface area contributed by atoms with Gasteiger partial charge in [-0.2, -0.15) is 0 Å². The molecule has 1 heterocycles. The molecule has 2 N–H and O–H groups in total. The zero-order chi connectivity index (χ0) is 6.69. The largest absolute Gasteiger partial charge is 0.348 e. The molecular formula is C6H10N2O. The summed E-state index contributed by atoms with van der Waals surface area (Å²) in [4.78, 5) is 10.6. The zero-order valence-corrected chi connectivity index (χ0v) is 5.18. The summed E-state index contributed by atoms with van der Waals surface area (Å²) in [6, 6.07) is 0.117. The summed E-state index contributed by atoms with van der Waals surface area (Å²) in [5.74, 6) is 0.0474. The Hall–Kier alpha value is -0.830. The lowest BCUT2D eigenvalue weighted by molar-refractivity contribution is -0.121. The van der Waals surface area contributed by atoms with E-state index in [1.54, 1.807) is 6.08 Å². The monoisotopic (exact) mass is 126 g/mol. The fourth-order valence-electron chi connectivity index (χ4n) is 0.792. The van der Waals surface area contributed by atoms with E-state index in [-0.39, 0.29) is 11.9 Å². The number of carbonyl (C=O) groups is 1. The van der Waals surface area contributed by atoms with E-state index in [1.807, 2.05) is 0 Å². The first-order chi connectivity index (χ1) is 4.33. The summed E-state index contributed by atoms with van der Waals surface area (Å²) in [5, 5.41) is 5.70. The average Bonchev–Trinajstić information content (AvgIpc) is 1.88. The van der Waals surface area contributed by atoms with Gasteiger partial charge in [-0.3, -0.25) is 4.79 Å². The smallest absolute Gasteiger partial charge is 0.234 e. The van der Waals surface area contributed by atoms with Crippen LogP contribution in [0.25, 0.3) is 0 Å². The minimum atomic E-state index is 0.0474. The molecule has 0 aromatic rings. The lowest BCUT2D eigenvalue weighted by Crippen LogP contribution is -2.51. The number of hydrogen-bond donors (Lipinski definition) is 2. The van der Waals surface area contributed by atoms with Gasteiger partial charge in [-0.05, 0) is 0 Å². The Kier molecular flexibility index (Phi) is 1.85. The van der Waals surface area contributed by atoms with Crippen LogP contribution in [0.3, 0.4) is 0 Å². The van der Waals surface area contributed by atoms with E-state index in [0.717, 1.165) is 6.54 Å². The van der Waals surface area contributed by atoms with E-state index in [4.69, 9.17) is 0 Å². The Labute approximate surface area is 54.1 Å². The lowest BCUT2D eigenvalue weighted by Gasteiger charge is -2.20. The normalized spacial score (nSPS) is 27.1. The first-order valence-electron chi connectivity index (χ1n) is 2.95. The fourth-order valence-corrected chi connectivity index (χ4v) is 0.792. The first-order valence-corrected chi connectivity index (χ1v) is 2.95. The fraction of sp³-hybridized carbons (Fsp3) is 0.500. The Bertz CT molecular complexity index is 133. The van der Waals surface area contributed by atoms with E-state index in [1.165, 1.54) is 0 Å². The van der Waals surface area contributed by atoms with Gasteiger partial charge in [-0.25, -0.2) is 0 Å². The van der Waals surface area contributed by atoms with Gasteiger partial charge in [-0.15, -0.1) is 6.58 Å². The maximum absolute atomic E-state index is 10.6. The van der Waals surface area contributed by atoms with Crippen LogP contribution in [0.5, 0.6) is 0 Å². The van der Waals surface area contributed by atoms with Crippen molar-refractivity contribution >= 4 is 5.91 Å². The standard InChI is InChI=1S/C6H10N2O/c1-2-5-3-7-4-6(9)8-5/h2,5,7H,1,3-4H2,(H,8,9)/t5-/m0/s1. The average molecular weight is 126 g/mol. The van der Waals surface area contributed by atoms with Crippen molar-refractivity contribution in [2.75, 3.05) is 13.1 Å². The van der Waals surface area contributed by atoms with Gasteiger partial charge in [0.05, 0.1) is 12.6 Å². The highest BCUT2D eigenvalue weighted by atomic mass is 16.2. The molecule has 1 atom stereocenters. The number of piperazine rings is 1. The van der Waals surface area contributed by atoms with E-state index < -0.39 is 0 Å². The molecule has 3 nitrogen and oxygen atoms in total. The van der Waals surface area contributed by atoms with Gasteiger partial charge in [0.15, 0.2) is 0 Å². The molecular weight excluding hydrogens is 116 g/mol. The van der Waals surface area contributed by atoms with E-state index in [2.05, 4.69) is 17.2 Å². The second-order valence-electron chi connectivity index (χ2n) is 2.04. The molecule has 0 unspecified atom stereocenters. The third-order valence-corrected chi connectivity index (χ3v) is 1.28. The van der Waals surface area contributed by atoms with Crippen molar-refractivity contribution in [2.24, 2.45) is 0 Å². The molecule has 1 fully saturated rings. The summed E-state index contributed by atoms with van der Waals surface area (Å²) in [5.41, 5.74) is 0. The third kappa shape index (κ3) is 1.54. The van der Waals surface area contributed by atoms with Gasteiger partial charge >= 0.3 is 0 Å². The van der Waals surface area contributed by atoms with Gasteiger partial charge in [0.2, 0.25) is 5.91 Å². The van der Waals surface area contributed by atoms with Gasteiger partial charge < -0.3 is 10.6 Å². The van der Waals surface area contributed by atoms with Crippen LogP contribution in [0, 0.1) is 0 Å². The molecule has 1 aliphatic rings. The third-order valence-electron chi connectivity index (χ3n) is 1.28. The molecule has 0 aliphatic carbocycles. The number of hydrogen-bond acceptors (Lipinski definition) is 2. The van der Waals surface area contributed by atoms with Crippen molar-refractivity contribution in [3.8, 4) is 0 Å². The molecule has 0 saturated carbocycles.